The maximum Gasteiger partial charge on any atom is 0.321 e. The molecule has 7 heteroatoms. The topological polar surface area (TPSA) is 48.5 Å². The van der Waals surface area contributed by atoms with E-state index in [1.54, 1.807) is 35.4 Å². The number of rotatable bonds is 4. The summed E-state index contributed by atoms with van der Waals surface area (Å²) in [4.78, 5) is 21.1. The highest BCUT2D eigenvalue weighted by molar-refractivity contribution is 5.89. The molecule has 0 atom stereocenters. The summed E-state index contributed by atoms with van der Waals surface area (Å²) in [7, 11) is 1.81. The molecule has 174 valence electrons. The quantitative estimate of drug-likeness (QED) is 0.514. The molecule has 1 aliphatic heterocycles. The lowest BCUT2D eigenvalue weighted by molar-refractivity contribution is 0.193. The van der Waals surface area contributed by atoms with Gasteiger partial charge in [0.25, 0.3) is 0 Å². The van der Waals surface area contributed by atoms with Crippen LogP contribution >= 0.6 is 0 Å². The summed E-state index contributed by atoms with van der Waals surface area (Å²) in [5, 5.41) is 2.91. The van der Waals surface area contributed by atoms with Crippen LogP contribution in [0.3, 0.4) is 0 Å². The van der Waals surface area contributed by atoms with Crippen LogP contribution in [-0.4, -0.2) is 42.1 Å². The molecule has 1 fully saturated rings. The average molecular weight is 453 g/mol. The Labute approximate surface area is 194 Å². The zero-order chi connectivity index (χ0) is 23.8. The number of carbonyl (C=O) groups is 1. The van der Waals surface area contributed by atoms with E-state index in [0.717, 1.165) is 49.4 Å². The number of nitrogens with one attached hydrogen (secondary N) is 1. The van der Waals surface area contributed by atoms with E-state index < -0.39 is 11.6 Å². The van der Waals surface area contributed by atoms with Gasteiger partial charge in [-0.25, -0.2) is 18.6 Å². The summed E-state index contributed by atoms with van der Waals surface area (Å²) < 4.78 is 26.6. The first-order chi connectivity index (χ1) is 16.0. The molecule has 0 aliphatic carbocycles. The number of benzene rings is 2. The number of halogens is 2. The summed E-state index contributed by atoms with van der Waals surface area (Å²) in [6, 6.07) is 16.7. The third-order valence-corrected chi connectivity index (χ3v) is 5.69. The van der Waals surface area contributed by atoms with E-state index in [0.29, 0.717) is 11.3 Å². The molecule has 2 amide bonds. The molecule has 1 saturated heterocycles. The van der Waals surface area contributed by atoms with E-state index in [-0.39, 0.29) is 12.1 Å². The molecule has 4 rings (SSSR count). The molecule has 0 bridgehead atoms. The van der Waals surface area contributed by atoms with Crippen LogP contribution in [0.5, 0.6) is 0 Å². The van der Waals surface area contributed by atoms with Crippen LogP contribution in [0.4, 0.5) is 25.1 Å². The largest absolute Gasteiger partial charge is 0.356 e. The van der Waals surface area contributed by atoms with Crippen LogP contribution in [0, 0.1) is 11.6 Å². The van der Waals surface area contributed by atoms with Crippen LogP contribution in [0.1, 0.15) is 26.7 Å². The zero-order valence-electron chi connectivity index (χ0n) is 19.3. The van der Waals surface area contributed by atoms with Gasteiger partial charge >= 0.3 is 6.03 Å². The molecule has 1 aromatic heterocycles. The van der Waals surface area contributed by atoms with Gasteiger partial charge in [0, 0.05) is 38.1 Å². The predicted octanol–water partition coefficient (Wildman–Crippen LogP) is 6.19. The number of piperidine rings is 1. The Bertz CT molecular complexity index is 1040. The third-order valence-electron chi connectivity index (χ3n) is 5.69. The van der Waals surface area contributed by atoms with Crippen LogP contribution in [-0.2, 0) is 0 Å². The number of amides is 2. The van der Waals surface area contributed by atoms with Gasteiger partial charge in [-0.15, -0.1) is 0 Å². The van der Waals surface area contributed by atoms with Crippen molar-refractivity contribution in [3.05, 3.63) is 78.5 Å². The van der Waals surface area contributed by atoms with Crippen molar-refractivity contribution in [2.24, 2.45) is 0 Å². The number of urea groups is 1. The Hall–Kier alpha value is -3.48. The first kappa shape index (κ1) is 24.2. The fraction of sp³-hybridized carbons (Fsp3) is 0.308. The fourth-order valence-corrected chi connectivity index (χ4v) is 3.82. The second-order valence-electron chi connectivity index (χ2n) is 7.65. The minimum absolute atomic E-state index is 0.154. The van der Waals surface area contributed by atoms with Gasteiger partial charge in [-0.3, -0.25) is 0 Å². The molecule has 1 aliphatic rings. The van der Waals surface area contributed by atoms with Gasteiger partial charge in [-0.1, -0.05) is 38.1 Å². The van der Waals surface area contributed by atoms with E-state index >= 15 is 0 Å². The standard InChI is InChI=1S/C24H24F2N4O.C2H6/c1-29(20-11-14-30(15-12-20)23-4-2-3-13-27-23)24(31)28-19-8-5-17(6-9-19)18-7-10-21(25)22(26)16-18;1-2/h2-10,13,16,20H,11-12,14-15H2,1H3,(H,28,31);1-2H3. The Balaban J connectivity index is 0.00000149. The monoisotopic (exact) mass is 452 g/mol. The summed E-state index contributed by atoms with van der Waals surface area (Å²) >= 11 is 0. The molecule has 3 aromatic rings. The summed E-state index contributed by atoms with van der Waals surface area (Å²) in [5.41, 5.74) is 1.97. The number of nitrogens with zero attached hydrogens (tertiary/aromatic N) is 3. The number of aromatic nitrogens is 1. The van der Waals surface area contributed by atoms with Gasteiger partial charge in [0.05, 0.1) is 0 Å². The van der Waals surface area contributed by atoms with E-state index in [2.05, 4.69) is 15.2 Å². The Morgan fingerprint density at radius 2 is 1.64 bits per heavy atom. The number of hydrogen-bond acceptors (Lipinski definition) is 3. The van der Waals surface area contributed by atoms with Crippen molar-refractivity contribution in [2.75, 3.05) is 30.4 Å². The molecule has 5 nitrogen and oxygen atoms in total. The molecule has 0 spiro atoms. The molecule has 0 saturated carbocycles. The zero-order valence-corrected chi connectivity index (χ0v) is 19.3. The van der Waals surface area contributed by atoms with Crippen molar-refractivity contribution >= 4 is 17.5 Å². The van der Waals surface area contributed by atoms with Gasteiger partial charge in [0.15, 0.2) is 11.6 Å². The number of pyridine rings is 1. The van der Waals surface area contributed by atoms with E-state index in [1.165, 1.54) is 6.07 Å². The van der Waals surface area contributed by atoms with E-state index in [9.17, 15) is 13.6 Å². The predicted molar refractivity (Wildman–Crippen MR) is 129 cm³/mol. The van der Waals surface area contributed by atoms with Crippen molar-refractivity contribution in [3.8, 4) is 11.1 Å². The lowest BCUT2D eigenvalue weighted by Gasteiger charge is -2.37. The minimum atomic E-state index is -0.884. The second kappa shape index (κ2) is 11.4. The lowest BCUT2D eigenvalue weighted by Crippen LogP contribution is -2.47. The normalized spacial score (nSPS) is 13.7. The third kappa shape index (κ3) is 6.06. The smallest absolute Gasteiger partial charge is 0.321 e. The van der Waals surface area contributed by atoms with E-state index in [4.69, 9.17) is 0 Å². The molecule has 0 radical (unpaired) electrons. The highest BCUT2D eigenvalue weighted by Gasteiger charge is 2.26. The Morgan fingerprint density at radius 3 is 2.24 bits per heavy atom. The van der Waals surface area contributed by atoms with Gasteiger partial charge in [0.1, 0.15) is 5.82 Å². The Kier molecular flexibility index (Phi) is 8.35. The maximum absolute atomic E-state index is 13.5. The maximum atomic E-state index is 13.5. The number of hydrogen-bond donors (Lipinski definition) is 1. The van der Waals surface area contributed by atoms with Crippen LogP contribution in [0.2, 0.25) is 0 Å². The van der Waals surface area contributed by atoms with Gasteiger partial charge < -0.3 is 15.1 Å². The average Bonchev–Trinajstić information content (AvgIpc) is 2.87. The second-order valence-corrected chi connectivity index (χ2v) is 7.65. The summed E-state index contributed by atoms with van der Waals surface area (Å²) in [6.07, 6.45) is 3.53. The SMILES string of the molecule is CC.CN(C(=O)Nc1ccc(-c2ccc(F)c(F)c2)cc1)C1CCN(c2ccccn2)CC1. The molecule has 33 heavy (non-hydrogen) atoms. The van der Waals surface area contributed by atoms with Crippen LogP contribution < -0.4 is 10.2 Å². The van der Waals surface area contributed by atoms with Crippen molar-refractivity contribution in [2.45, 2.75) is 32.7 Å². The van der Waals surface area contributed by atoms with Crippen molar-refractivity contribution < 1.29 is 13.6 Å². The van der Waals surface area contributed by atoms with Crippen molar-refractivity contribution in [3.63, 3.8) is 0 Å². The Morgan fingerprint density at radius 1 is 0.970 bits per heavy atom. The molecule has 1 N–H and O–H groups in total. The van der Waals surface area contributed by atoms with Crippen molar-refractivity contribution in [1.29, 1.82) is 0 Å². The van der Waals surface area contributed by atoms with Crippen LogP contribution in [0.25, 0.3) is 11.1 Å². The highest BCUT2D eigenvalue weighted by atomic mass is 19.2. The summed E-state index contributed by atoms with van der Waals surface area (Å²) in [6.45, 7) is 5.70. The minimum Gasteiger partial charge on any atom is -0.356 e. The molecular formula is C26H30F2N4O. The molecule has 0 unspecified atom stereocenters. The fourth-order valence-electron chi connectivity index (χ4n) is 3.82. The van der Waals surface area contributed by atoms with Crippen LogP contribution in [0.15, 0.2) is 66.9 Å². The molecular weight excluding hydrogens is 422 g/mol. The number of anilines is 2. The van der Waals surface area contributed by atoms with E-state index in [1.807, 2.05) is 39.1 Å². The number of carbonyl (C=O) groups excluding carboxylic acids is 1. The van der Waals surface area contributed by atoms with Gasteiger partial charge in [0.2, 0.25) is 0 Å². The van der Waals surface area contributed by atoms with Gasteiger partial charge in [-0.05, 0) is 60.4 Å². The van der Waals surface area contributed by atoms with Crippen molar-refractivity contribution in [1.82, 2.24) is 9.88 Å². The lowest BCUT2D eigenvalue weighted by atomic mass is 10.0. The first-order valence-electron chi connectivity index (χ1n) is 11.3. The first-order valence-corrected chi connectivity index (χ1v) is 11.3. The molecule has 2 aromatic carbocycles. The summed E-state index contributed by atoms with van der Waals surface area (Å²) in [5.74, 6) is -0.790. The van der Waals surface area contributed by atoms with Gasteiger partial charge in [-0.2, -0.15) is 0 Å². The molecule has 2 heterocycles. The highest BCUT2D eigenvalue weighted by Crippen LogP contribution is 2.24.